The van der Waals surface area contributed by atoms with Crippen molar-refractivity contribution >= 4 is 75.4 Å². The Kier molecular flexibility index (Phi) is 11.5. The summed E-state index contributed by atoms with van der Waals surface area (Å²) in [6.45, 7) is 17.4. The molecule has 0 nitrogen and oxygen atoms in total. The van der Waals surface area contributed by atoms with E-state index >= 15 is 0 Å². The Bertz CT molecular complexity index is 3170. The average molecular weight is 775 g/mol. The second-order valence-corrected chi connectivity index (χ2v) is 16.5. The molecule has 0 aliphatic rings. The Morgan fingerprint density at radius 3 is 1.03 bits per heavy atom. The lowest BCUT2D eigenvalue weighted by molar-refractivity contribution is 1.37. The van der Waals surface area contributed by atoms with E-state index in [-0.39, 0.29) is 0 Å². The Labute approximate surface area is 355 Å². The lowest BCUT2D eigenvalue weighted by atomic mass is 9.93. The van der Waals surface area contributed by atoms with Crippen LogP contribution >= 0.6 is 0 Å². The second-order valence-electron chi connectivity index (χ2n) is 16.5. The predicted molar refractivity (Wildman–Crippen MR) is 266 cm³/mol. The molecule has 0 amide bonds. The number of aryl methyl sites for hydroxylation is 8. The normalized spacial score (nSPS) is 11.0. The van der Waals surface area contributed by atoms with Gasteiger partial charge in [-0.15, -0.1) is 0 Å². The van der Waals surface area contributed by atoms with Gasteiger partial charge in [0, 0.05) is 0 Å². The summed E-state index contributed by atoms with van der Waals surface area (Å²) in [4.78, 5) is 0. The molecule has 0 heteroatoms. The van der Waals surface area contributed by atoms with E-state index in [9.17, 15) is 0 Å². The number of benzene rings is 11. The van der Waals surface area contributed by atoms with Gasteiger partial charge >= 0.3 is 0 Å². The standard InChI is InChI=1S/C20H16.C16H14.2C12H12/c1-13-7-17-11-19-9-15-5-3-4-6-16(15)10-20(19)12-18(17)8-14(13)2;1-11-12(2)14-8-4-6-10-16(14)15-9-5-3-7-13(11)15;1-9-5-3-7-11-8-4-6-10(2)12(9)11;1-9-7-8-11-5-3-4-6-12(11)10(9)2/h3-12H,1-2H3;3-10H,1-2H3;2*3-8H,1-2H3. The molecule has 11 aromatic rings. The molecule has 0 radical (unpaired) electrons. The van der Waals surface area contributed by atoms with Crippen LogP contribution in [0.1, 0.15) is 44.5 Å². The average Bonchev–Trinajstić information content (AvgIpc) is 3.27. The Hall–Kier alpha value is -6.76. The summed E-state index contributed by atoms with van der Waals surface area (Å²) in [6, 6.07) is 65.4. The lowest BCUT2D eigenvalue weighted by Gasteiger charge is -2.11. The van der Waals surface area contributed by atoms with E-state index in [4.69, 9.17) is 0 Å². The minimum absolute atomic E-state index is 1.31. The molecule has 0 heterocycles. The predicted octanol–water partition coefficient (Wildman–Crippen LogP) is 17.3. The van der Waals surface area contributed by atoms with Gasteiger partial charge in [0.2, 0.25) is 0 Å². The van der Waals surface area contributed by atoms with Crippen LogP contribution in [0.4, 0.5) is 0 Å². The molecule has 294 valence electrons. The fourth-order valence-corrected chi connectivity index (χ4v) is 8.75. The van der Waals surface area contributed by atoms with Crippen LogP contribution in [0.2, 0.25) is 0 Å². The van der Waals surface area contributed by atoms with Crippen LogP contribution in [0.3, 0.4) is 0 Å². The van der Waals surface area contributed by atoms with Crippen LogP contribution in [0.15, 0.2) is 182 Å². The number of hydrogen-bond donors (Lipinski definition) is 0. The van der Waals surface area contributed by atoms with Gasteiger partial charge in [-0.2, -0.15) is 0 Å². The monoisotopic (exact) mass is 774 g/mol. The summed E-state index contributed by atoms with van der Waals surface area (Å²) < 4.78 is 0. The Morgan fingerprint density at radius 2 is 0.567 bits per heavy atom. The van der Waals surface area contributed by atoms with Crippen molar-refractivity contribution < 1.29 is 0 Å². The highest BCUT2D eigenvalue weighted by Crippen LogP contribution is 2.32. The minimum Gasteiger partial charge on any atom is -0.0616 e. The summed E-state index contributed by atoms with van der Waals surface area (Å²) in [7, 11) is 0. The molecule has 0 N–H and O–H groups in total. The Balaban J connectivity index is 0.000000114. The SMILES string of the molecule is Cc1c(C)c2ccccc2c2ccccc12.Cc1cc2cc3cc4ccccc4cc3cc2cc1C.Cc1ccc2ccccc2c1C.Cc1cccc2cccc(C)c12. The third-order valence-electron chi connectivity index (χ3n) is 12.6. The summed E-state index contributed by atoms with van der Waals surface area (Å²) in [5.41, 5.74) is 11.0. The molecule has 0 saturated carbocycles. The van der Waals surface area contributed by atoms with Crippen LogP contribution < -0.4 is 0 Å². The molecule has 60 heavy (non-hydrogen) atoms. The van der Waals surface area contributed by atoms with Gasteiger partial charge in [-0.3, -0.25) is 0 Å². The van der Waals surface area contributed by atoms with Crippen molar-refractivity contribution in [2.24, 2.45) is 0 Å². The Morgan fingerprint density at radius 1 is 0.200 bits per heavy atom. The summed E-state index contributed by atoms with van der Waals surface area (Å²) >= 11 is 0. The van der Waals surface area contributed by atoms with Crippen LogP contribution in [0, 0.1) is 55.4 Å². The van der Waals surface area contributed by atoms with Crippen molar-refractivity contribution in [1.29, 1.82) is 0 Å². The highest BCUT2D eigenvalue weighted by molar-refractivity contribution is 6.10. The van der Waals surface area contributed by atoms with Crippen molar-refractivity contribution in [1.82, 2.24) is 0 Å². The van der Waals surface area contributed by atoms with E-state index in [0.29, 0.717) is 0 Å². The van der Waals surface area contributed by atoms with Crippen molar-refractivity contribution in [3.63, 3.8) is 0 Å². The van der Waals surface area contributed by atoms with Crippen molar-refractivity contribution in [2.45, 2.75) is 55.4 Å². The summed E-state index contributed by atoms with van der Waals surface area (Å²) in [6.07, 6.45) is 0. The van der Waals surface area contributed by atoms with E-state index in [1.54, 1.807) is 0 Å². The van der Waals surface area contributed by atoms with E-state index < -0.39 is 0 Å². The van der Waals surface area contributed by atoms with Crippen LogP contribution in [-0.4, -0.2) is 0 Å². The van der Waals surface area contributed by atoms with Gasteiger partial charge in [0.25, 0.3) is 0 Å². The molecule has 0 atom stereocenters. The van der Waals surface area contributed by atoms with E-state index in [1.165, 1.54) is 120 Å². The second kappa shape index (κ2) is 17.2. The van der Waals surface area contributed by atoms with E-state index in [0.717, 1.165) is 0 Å². The maximum absolute atomic E-state index is 2.31. The lowest BCUT2D eigenvalue weighted by Crippen LogP contribution is -1.87. The highest BCUT2D eigenvalue weighted by atomic mass is 14.1. The zero-order valence-electron chi connectivity index (χ0n) is 36.3. The van der Waals surface area contributed by atoms with E-state index in [2.05, 4.69) is 237 Å². The smallest absolute Gasteiger partial charge is 0.0103 e. The molecule has 0 aliphatic heterocycles. The van der Waals surface area contributed by atoms with Crippen molar-refractivity contribution in [2.75, 3.05) is 0 Å². The van der Waals surface area contributed by atoms with E-state index in [1.807, 2.05) is 0 Å². The van der Waals surface area contributed by atoms with Gasteiger partial charge in [-0.1, -0.05) is 158 Å². The molecule has 0 aromatic heterocycles. The fourth-order valence-electron chi connectivity index (χ4n) is 8.75. The number of hydrogen-bond acceptors (Lipinski definition) is 0. The van der Waals surface area contributed by atoms with Crippen LogP contribution in [0.5, 0.6) is 0 Å². The largest absolute Gasteiger partial charge is 0.0616 e. The first kappa shape index (κ1) is 40.0. The molecule has 11 aromatic carbocycles. The maximum Gasteiger partial charge on any atom is -0.0103 e. The molecular formula is C60H54. The molecular weight excluding hydrogens is 721 g/mol. The minimum atomic E-state index is 1.31. The molecule has 0 aliphatic carbocycles. The maximum atomic E-state index is 2.31. The molecule has 11 rings (SSSR count). The number of rotatable bonds is 0. The third-order valence-corrected chi connectivity index (χ3v) is 12.6. The van der Waals surface area contributed by atoms with Gasteiger partial charge in [-0.05, 0) is 200 Å². The van der Waals surface area contributed by atoms with Crippen molar-refractivity contribution in [3.05, 3.63) is 226 Å². The van der Waals surface area contributed by atoms with Gasteiger partial charge < -0.3 is 0 Å². The molecule has 0 saturated heterocycles. The fraction of sp³-hybridized carbons (Fsp3) is 0.133. The molecule has 0 fully saturated rings. The van der Waals surface area contributed by atoms with Crippen LogP contribution in [-0.2, 0) is 0 Å². The zero-order chi connectivity index (χ0) is 41.9. The van der Waals surface area contributed by atoms with Crippen molar-refractivity contribution in [3.8, 4) is 0 Å². The molecule has 0 unspecified atom stereocenters. The summed E-state index contributed by atoms with van der Waals surface area (Å²) in [5, 5.41) is 18.8. The first-order valence-electron chi connectivity index (χ1n) is 21.2. The first-order chi connectivity index (χ1) is 29.1. The topological polar surface area (TPSA) is 0 Å². The quantitative estimate of drug-likeness (QED) is 0.106. The molecule has 0 bridgehead atoms. The van der Waals surface area contributed by atoms with Crippen LogP contribution in [0.25, 0.3) is 75.4 Å². The molecule has 0 spiro atoms. The van der Waals surface area contributed by atoms with Gasteiger partial charge in [0.05, 0.1) is 0 Å². The third kappa shape index (κ3) is 8.12. The highest BCUT2D eigenvalue weighted by Gasteiger charge is 2.07. The van der Waals surface area contributed by atoms with Gasteiger partial charge in [0.15, 0.2) is 0 Å². The number of fused-ring (bicyclic) bond motifs is 8. The summed E-state index contributed by atoms with van der Waals surface area (Å²) in [5.74, 6) is 0. The first-order valence-corrected chi connectivity index (χ1v) is 21.2. The zero-order valence-corrected chi connectivity index (χ0v) is 36.3. The van der Waals surface area contributed by atoms with Gasteiger partial charge in [-0.25, -0.2) is 0 Å². The van der Waals surface area contributed by atoms with Gasteiger partial charge in [0.1, 0.15) is 0 Å².